The molecule has 1 saturated heterocycles. The van der Waals surface area contributed by atoms with Gasteiger partial charge in [-0.05, 0) is 25.7 Å². The molecule has 2 atom stereocenters. The number of methoxy groups -OCH3 is 1. The largest absolute Gasteiger partial charge is 0.356 e. The molecular weight excluding hydrogens is 140 g/mol. The quantitative estimate of drug-likeness (QED) is 0.627. The Bertz CT molecular complexity index is 102. The normalized spacial score (nSPS) is 32.2. The van der Waals surface area contributed by atoms with Gasteiger partial charge in [-0.2, -0.15) is 0 Å². The second-order valence-corrected chi connectivity index (χ2v) is 3.14. The molecule has 0 saturated carbocycles. The van der Waals surface area contributed by atoms with Crippen LogP contribution in [0.25, 0.3) is 0 Å². The fraction of sp³-hybridized carbons (Fsp3) is 1.00. The van der Waals surface area contributed by atoms with Gasteiger partial charge < -0.3 is 9.47 Å². The molecule has 1 aliphatic heterocycles. The Labute approximate surface area is 68.9 Å². The van der Waals surface area contributed by atoms with Gasteiger partial charge in [-0.15, -0.1) is 0 Å². The van der Waals surface area contributed by atoms with Crippen LogP contribution in [-0.2, 0) is 9.47 Å². The van der Waals surface area contributed by atoms with E-state index in [-0.39, 0.29) is 6.29 Å². The Kier molecular flexibility index (Phi) is 3.87. The highest BCUT2D eigenvalue weighted by atomic mass is 16.7. The van der Waals surface area contributed by atoms with Gasteiger partial charge in [0.1, 0.15) is 0 Å². The van der Waals surface area contributed by atoms with Crippen molar-refractivity contribution in [2.24, 2.45) is 0 Å². The minimum Gasteiger partial charge on any atom is -0.356 e. The molecule has 0 aromatic rings. The first-order valence-corrected chi connectivity index (χ1v) is 4.55. The van der Waals surface area contributed by atoms with Crippen molar-refractivity contribution in [3.05, 3.63) is 0 Å². The van der Waals surface area contributed by atoms with Crippen LogP contribution in [0, 0.1) is 0 Å². The summed E-state index contributed by atoms with van der Waals surface area (Å²) in [6, 6.07) is 0. The highest BCUT2D eigenvalue weighted by Crippen LogP contribution is 2.21. The van der Waals surface area contributed by atoms with Crippen LogP contribution in [0.15, 0.2) is 0 Å². The van der Waals surface area contributed by atoms with E-state index in [1.54, 1.807) is 7.11 Å². The molecule has 0 amide bonds. The van der Waals surface area contributed by atoms with Gasteiger partial charge in [0.15, 0.2) is 6.29 Å². The Balaban J connectivity index is 2.21. The third-order valence-corrected chi connectivity index (χ3v) is 2.18. The van der Waals surface area contributed by atoms with Crippen molar-refractivity contribution in [1.29, 1.82) is 0 Å². The van der Waals surface area contributed by atoms with Gasteiger partial charge in [-0.25, -0.2) is 0 Å². The third-order valence-electron chi connectivity index (χ3n) is 2.18. The van der Waals surface area contributed by atoms with E-state index in [1.165, 1.54) is 25.7 Å². The molecular formula is C9H18O2. The average Bonchev–Trinajstić information content (AvgIpc) is 2.06. The van der Waals surface area contributed by atoms with Crippen molar-refractivity contribution in [3.8, 4) is 0 Å². The number of hydrogen-bond donors (Lipinski definition) is 0. The maximum Gasteiger partial charge on any atom is 0.157 e. The van der Waals surface area contributed by atoms with E-state index >= 15 is 0 Å². The van der Waals surface area contributed by atoms with Crippen LogP contribution in [0.4, 0.5) is 0 Å². The van der Waals surface area contributed by atoms with E-state index in [2.05, 4.69) is 6.92 Å². The predicted octanol–water partition coefficient (Wildman–Crippen LogP) is 2.33. The molecule has 0 aromatic heterocycles. The van der Waals surface area contributed by atoms with Crippen molar-refractivity contribution >= 4 is 0 Å². The maximum atomic E-state index is 5.65. The summed E-state index contributed by atoms with van der Waals surface area (Å²) in [5.41, 5.74) is 0. The van der Waals surface area contributed by atoms with Gasteiger partial charge in [0.25, 0.3) is 0 Å². The predicted molar refractivity (Wildman–Crippen MR) is 44.4 cm³/mol. The summed E-state index contributed by atoms with van der Waals surface area (Å²) in [6.45, 7) is 2.19. The fourth-order valence-corrected chi connectivity index (χ4v) is 1.57. The van der Waals surface area contributed by atoms with Gasteiger partial charge in [0, 0.05) is 7.11 Å². The minimum atomic E-state index is 0.0697. The standard InChI is InChI=1S/C9H18O2/c1-3-5-8-6-4-7-9(10-2)11-8/h8-9H,3-7H2,1-2H3. The highest BCUT2D eigenvalue weighted by Gasteiger charge is 2.20. The van der Waals surface area contributed by atoms with E-state index in [0.717, 1.165) is 6.42 Å². The van der Waals surface area contributed by atoms with E-state index in [9.17, 15) is 0 Å². The molecule has 2 heteroatoms. The van der Waals surface area contributed by atoms with Crippen LogP contribution < -0.4 is 0 Å². The van der Waals surface area contributed by atoms with Crippen LogP contribution >= 0.6 is 0 Å². The Hall–Kier alpha value is -0.0800. The van der Waals surface area contributed by atoms with E-state index in [0.29, 0.717) is 6.10 Å². The Morgan fingerprint density at radius 3 is 2.91 bits per heavy atom. The first kappa shape index (κ1) is 9.01. The van der Waals surface area contributed by atoms with Gasteiger partial charge in [-0.1, -0.05) is 13.3 Å². The molecule has 1 heterocycles. The lowest BCUT2D eigenvalue weighted by Crippen LogP contribution is -2.28. The SMILES string of the molecule is CCCC1CCCC(OC)O1. The van der Waals surface area contributed by atoms with Crippen molar-refractivity contribution in [3.63, 3.8) is 0 Å². The fourth-order valence-electron chi connectivity index (χ4n) is 1.57. The zero-order valence-electron chi connectivity index (χ0n) is 7.51. The minimum absolute atomic E-state index is 0.0697. The van der Waals surface area contributed by atoms with Crippen LogP contribution in [0.1, 0.15) is 39.0 Å². The maximum absolute atomic E-state index is 5.65. The Morgan fingerprint density at radius 2 is 2.27 bits per heavy atom. The van der Waals surface area contributed by atoms with Gasteiger partial charge in [-0.3, -0.25) is 0 Å². The second kappa shape index (κ2) is 4.73. The smallest absolute Gasteiger partial charge is 0.157 e. The van der Waals surface area contributed by atoms with Gasteiger partial charge in [0.05, 0.1) is 6.10 Å². The zero-order chi connectivity index (χ0) is 8.10. The number of ether oxygens (including phenoxy) is 2. The second-order valence-electron chi connectivity index (χ2n) is 3.14. The van der Waals surface area contributed by atoms with Crippen molar-refractivity contribution in [2.75, 3.05) is 7.11 Å². The lowest BCUT2D eigenvalue weighted by molar-refractivity contribution is -0.181. The summed E-state index contributed by atoms with van der Waals surface area (Å²) in [5.74, 6) is 0. The van der Waals surface area contributed by atoms with Crippen LogP contribution in [0.3, 0.4) is 0 Å². The molecule has 2 unspecified atom stereocenters. The first-order valence-electron chi connectivity index (χ1n) is 4.55. The zero-order valence-corrected chi connectivity index (χ0v) is 7.51. The molecule has 1 aliphatic rings. The van der Waals surface area contributed by atoms with Gasteiger partial charge in [0.2, 0.25) is 0 Å². The van der Waals surface area contributed by atoms with E-state index < -0.39 is 0 Å². The number of hydrogen-bond acceptors (Lipinski definition) is 2. The van der Waals surface area contributed by atoms with Crippen molar-refractivity contribution in [1.82, 2.24) is 0 Å². The highest BCUT2D eigenvalue weighted by molar-refractivity contribution is 4.65. The summed E-state index contributed by atoms with van der Waals surface area (Å²) in [5, 5.41) is 0. The van der Waals surface area contributed by atoms with E-state index in [1.807, 2.05) is 0 Å². The lowest BCUT2D eigenvalue weighted by atomic mass is 10.0. The Morgan fingerprint density at radius 1 is 1.45 bits per heavy atom. The topological polar surface area (TPSA) is 18.5 Å². The molecule has 66 valence electrons. The molecule has 2 nitrogen and oxygen atoms in total. The van der Waals surface area contributed by atoms with Crippen LogP contribution in [0.2, 0.25) is 0 Å². The van der Waals surface area contributed by atoms with Crippen molar-refractivity contribution < 1.29 is 9.47 Å². The van der Waals surface area contributed by atoms with E-state index in [4.69, 9.17) is 9.47 Å². The molecule has 0 N–H and O–H groups in total. The molecule has 0 bridgehead atoms. The molecule has 1 fully saturated rings. The third kappa shape index (κ3) is 2.80. The van der Waals surface area contributed by atoms with Crippen LogP contribution in [-0.4, -0.2) is 19.5 Å². The summed E-state index contributed by atoms with van der Waals surface area (Å²) in [6.07, 6.45) is 6.45. The lowest BCUT2D eigenvalue weighted by Gasteiger charge is -2.28. The molecule has 0 spiro atoms. The monoisotopic (exact) mass is 158 g/mol. The molecule has 11 heavy (non-hydrogen) atoms. The average molecular weight is 158 g/mol. The first-order chi connectivity index (χ1) is 5.36. The van der Waals surface area contributed by atoms with Crippen LogP contribution in [0.5, 0.6) is 0 Å². The molecule has 0 aliphatic carbocycles. The summed E-state index contributed by atoms with van der Waals surface area (Å²) in [4.78, 5) is 0. The number of rotatable bonds is 3. The molecule has 0 radical (unpaired) electrons. The molecule has 1 rings (SSSR count). The van der Waals surface area contributed by atoms with Gasteiger partial charge >= 0.3 is 0 Å². The summed E-state index contributed by atoms with van der Waals surface area (Å²) in [7, 11) is 1.72. The molecule has 0 aromatic carbocycles. The van der Waals surface area contributed by atoms with Crippen molar-refractivity contribution in [2.45, 2.75) is 51.4 Å². The summed E-state index contributed by atoms with van der Waals surface area (Å²) >= 11 is 0. The summed E-state index contributed by atoms with van der Waals surface area (Å²) < 4.78 is 10.8.